The Morgan fingerprint density at radius 3 is 3.00 bits per heavy atom. The molecular weight excluding hydrogens is 292 g/mol. The van der Waals surface area contributed by atoms with Crippen molar-refractivity contribution in [1.82, 2.24) is 10.1 Å². The van der Waals surface area contributed by atoms with Gasteiger partial charge in [-0.3, -0.25) is 4.79 Å². The molecule has 1 saturated heterocycles. The molecule has 1 aromatic carbocycles. The van der Waals surface area contributed by atoms with Crippen molar-refractivity contribution in [1.29, 1.82) is 0 Å². The molecule has 2 fully saturated rings. The molecule has 2 aromatic rings. The van der Waals surface area contributed by atoms with Crippen LogP contribution >= 0.6 is 0 Å². The van der Waals surface area contributed by atoms with Gasteiger partial charge >= 0.3 is 0 Å². The summed E-state index contributed by atoms with van der Waals surface area (Å²) in [6.07, 6.45) is 3.90. The highest BCUT2D eigenvalue weighted by atomic mass is 16.5. The average molecular weight is 312 g/mol. The quantitative estimate of drug-likeness (QED) is 0.919. The van der Waals surface area contributed by atoms with Crippen LogP contribution in [0.4, 0.5) is 11.4 Å². The third-order valence-corrected chi connectivity index (χ3v) is 4.53. The Morgan fingerprint density at radius 2 is 2.26 bits per heavy atom. The molecular formula is C17H20N4O2. The van der Waals surface area contributed by atoms with Gasteiger partial charge in [0.2, 0.25) is 11.8 Å². The number of anilines is 2. The first kappa shape index (κ1) is 14.2. The summed E-state index contributed by atoms with van der Waals surface area (Å²) in [6.45, 7) is 3.34. The maximum atomic E-state index is 12.0. The topological polar surface area (TPSA) is 71.3 Å². The van der Waals surface area contributed by atoms with E-state index in [9.17, 15) is 4.79 Å². The lowest BCUT2D eigenvalue weighted by Gasteiger charge is -2.20. The minimum atomic E-state index is 0.205. The van der Waals surface area contributed by atoms with Gasteiger partial charge in [-0.2, -0.15) is 4.98 Å². The predicted octanol–water partition coefficient (Wildman–Crippen LogP) is 2.99. The van der Waals surface area contributed by atoms with E-state index >= 15 is 0 Å². The largest absolute Gasteiger partial charge is 0.376 e. The standard InChI is InChI=1S/C17H20N4O2/c1-11-13(4-2-5-14(11)21-9-3-6-16(21)22)18-10-15-19-17(20-23-15)12-7-8-12/h2,4-5,12,18H,3,6-10H2,1H3. The fraction of sp³-hybridized carbons (Fsp3) is 0.471. The smallest absolute Gasteiger partial charge is 0.245 e. The van der Waals surface area contributed by atoms with Crippen molar-refractivity contribution in [2.45, 2.75) is 45.1 Å². The summed E-state index contributed by atoms with van der Waals surface area (Å²) in [5.41, 5.74) is 3.06. The van der Waals surface area contributed by atoms with Crippen molar-refractivity contribution >= 4 is 17.3 Å². The fourth-order valence-electron chi connectivity index (χ4n) is 3.03. The highest BCUT2D eigenvalue weighted by molar-refractivity contribution is 5.96. The van der Waals surface area contributed by atoms with Crippen LogP contribution in [-0.4, -0.2) is 22.6 Å². The van der Waals surface area contributed by atoms with E-state index < -0.39 is 0 Å². The number of carbonyl (C=O) groups excluding carboxylic acids is 1. The van der Waals surface area contributed by atoms with Gasteiger partial charge in [0.1, 0.15) is 0 Å². The molecule has 1 N–H and O–H groups in total. The van der Waals surface area contributed by atoms with Crippen LogP contribution in [0.5, 0.6) is 0 Å². The predicted molar refractivity (Wildman–Crippen MR) is 86.4 cm³/mol. The van der Waals surface area contributed by atoms with Gasteiger partial charge in [0.25, 0.3) is 0 Å². The molecule has 1 saturated carbocycles. The molecule has 120 valence electrons. The lowest BCUT2D eigenvalue weighted by molar-refractivity contribution is -0.117. The number of amides is 1. The summed E-state index contributed by atoms with van der Waals surface area (Å²) in [6, 6.07) is 5.99. The zero-order chi connectivity index (χ0) is 15.8. The summed E-state index contributed by atoms with van der Waals surface area (Å²) in [4.78, 5) is 18.3. The van der Waals surface area contributed by atoms with Crippen LogP contribution in [0.3, 0.4) is 0 Å². The Balaban J connectivity index is 1.48. The van der Waals surface area contributed by atoms with E-state index in [4.69, 9.17) is 4.52 Å². The first-order chi connectivity index (χ1) is 11.2. The second-order valence-corrected chi connectivity index (χ2v) is 6.27. The van der Waals surface area contributed by atoms with Crippen LogP contribution < -0.4 is 10.2 Å². The van der Waals surface area contributed by atoms with Gasteiger partial charge in [-0.15, -0.1) is 0 Å². The number of hydrogen-bond acceptors (Lipinski definition) is 5. The molecule has 23 heavy (non-hydrogen) atoms. The van der Waals surface area contributed by atoms with Gasteiger partial charge in [0, 0.05) is 30.3 Å². The molecule has 1 aliphatic carbocycles. The number of aromatic nitrogens is 2. The summed E-state index contributed by atoms with van der Waals surface area (Å²) in [7, 11) is 0. The maximum Gasteiger partial charge on any atom is 0.245 e. The Bertz CT molecular complexity index is 736. The first-order valence-corrected chi connectivity index (χ1v) is 8.18. The van der Waals surface area contributed by atoms with Crippen LogP contribution in [0, 0.1) is 6.92 Å². The molecule has 6 heteroatoms. The molecule has 2 heterocycles. The summed E-state index contributed by atoms with van der Waals surface area (Å²) >= 11 is 0. The lowest BCUT2D eigenvalue weighted by Crippen LogP contribution is -2.24. The van der Waals surface area contributed by atoms with E-state index in [1.54, 1.807) is 0 Å². The number of rotatable bonds is 5. The number of hydrogen-bond donors (Lipinski definition) is 1. The first-order valence-electron chi connectivity index (χ1n) is 8.18. The van der Waals surface area contributed by atoms with Crippen LogP contribution in [-0.2, 0) is 11.3 Å². The Kier molecular flexibility index (Phi) is 3.52. The molecule has 0 unspecified atom stereocenters. The van der Waals surface area contributed by atoms with E-state index in [1.807, 2.05) is 30.0 Å². The minimum Gasteiger partial charge on any atom is -0.376 e. The monoisotopic (exact) mass is 312 g/mol. The highest BCUT2D eigenvalue weighted by Crippen LogP contribution is 2.38. The third-order valence-electron chi connectivity index (χ3n) is 4.53. The molecule has 1 aliphatic heterocycles. The number of nitrogens with zero attached hydrogens (tertiary/aromatic N) is 3. The molecule has 0 bridgehead atoms. The average Bonchev–Trinajstić information content (AvgIpc) is 3.15. The fourth-order valence-corrected chi connectivity index (χ4v) is 3.03. The van der Waals surface area contributed by atoms with Crippen molar-refractivity contribution < 1.29 is 9.32 Å². The van der Waals surface area contributed by atoms with E-state index in [0.717, 1.165) is 48.6 Å². The van der Waals surface area contributed by atoms with Gasteiger partial charge in [-0.1, -0.05) is 11.2 Å². The van der Waals surface area contributed by atoms with Crippen molar-refractivity contribution in [3.8, 4) is 0 Å². The summed E-state index contributed by atoms with van der Waals surface area (Å²) < 4.78 is 5.29. The zero-order valence-corrected chi connectivity index (χ0v) is 13.2. The molecule has 0 atom stereocenters. The highest BCUT2D eigenvalue weighted by Gasteiger charge is 2.28. The minimum absolute atomic E-state index is 0.205. The van der Waals surface area contributed by atoms with E-state index in [0.29, 0.717) is 24.8 Å². The Labute approximate surface area is 134 Å². The molecule has 1 aromatic heterocycles. The maximum absolute atomic E-state index is 12.0. The molecule has 4 rings (SSSR count). The number of benzene rings is 1. The molecule has 2 aliphatic rings. The van der Waals surface area contributed by atoms with Gasteiger partial charge in [0.05, 0.1) is 6.54 Å². The van der Waals surface area contributed by atoms with Gasteiger partial charge in [-0.25, -0.2) is 0 Å². The van der Waals surface area contributed by atoms with Crippen molar-refractivity contribution in [3.05, 3.63) is 35.5 Å². The molecule has 0 radical (unpaired) electrons. The second kappa shape index (κ2) is 5.68. The zero-order valence-electron chi connectivity index (χ0n) is 13.2. The van der Waals surface area contributed by atoms with Crippen LogP contribution in [0.1, 0.15) is 48.9 Å². The number of carbonyl (C=O) groups is 1. The van der Waals surface area contributed by atoms with Crippen LogP contribution in [0.15, 0.2) is 22.7 Å². The van der Waals surface area contributed by atoms with Crippen LogP contribution in [0.2, 0.25) is 0 Å². The Morgan fingerprint density at radius 1 is 1.39 bits per heavy atom. The van der Waals surface area contributed by atoms with Gasteiger partial charge in [-0.05, 0) is 43.9 Å². The normalized spacial score (nSPS) is 17.8. The summed E-state index contributed by atoms with van der Waals surface area (Å²) in [5, 5.41) is 7.37. The molecule has 1 amide bonds. The Hall–Kier alpha value is -2.37. The lowest BCUT2D eigenvalue weighted by atomic mass is 10.1. The van der Waals surface area contributed by atoms with E-state index in [-0.39, 0.29) is 5.91 Å². The molecule has 0 spiro atoms. The summed E-state index contributed by atoms with van der Waals surface area (Å²) in [5.74, 6) is 2.14. The van der Waals surface area contributed by atoms with Crippen LogP contribution in [0.25, 0.3) is 0 Å². The van der Waals surface area contributed by atoms with Gasteiger partial charge in [0.15, 0.2) is 5.82 Å². The van der Waals surface area contributed by atoms with Crippen molar-refractivity contribution in [2.75, 3.05) is 16.8 Å². The van der Waals surface area contributed by atoms with Crippen molar-refractivity contribution in [2.24, 2.45) is 0 Å². The third kappa shape index (κ3) is 2.81. The second-order valence-electron chi connectivity index (χ2n) is 6.27. The number of nitrogens with one attached hydrogen (secondary N) is 1. The molecule has 6 nitrogen and oxygen atoms in total. The van der Waals surface area contributed by atoms with E-state index in [2.05, 4.69) is 15.5 Å². The van der Waals surface area contributed by atoms with E-state index in [1.165, 1.54) is 0 Å². The van der Waals surface area contributed by atoms with Crippen molar-refractivity contribution in [3.63, 3.8) is 0 Å². The van der Waals surface area contributed by atoms with Gasteiger partial charge < -0.3 is 14.7 Å². The SMILES string of the molecule is Cc1c(NCc2nc(C3CC3)no2)cccc1N1CCCC1=O.